The number of rotatable bonds is 1. The van der Waals surface area contributed by atoms with Gasteiger partial charge < -0.3 is 5.21 Å². The summed E-state index contributed by atoms with van der Waals surface area (Å²) in [7, 11) is 1.55. The van der Waals surface area contributed by atoms with Crippen molar-refractivity contribution in [1.82, 2.24) is 5.06 Å². The molecule has 0 aromatic heterocycles. The second kappa shape index (κ2) is 2.50. The van der Waals surface area contributed by atoms with Crippen LogP contribution in [0, 0.1) is 5.21 Å². The Labute approximate surface area is 53.2 Å². The van der Waals surface area contributed by atoms with Crippen LogP contribution in [0.5, 0.6) is 0 Å². The largest absolute Gasteiger partial charge is 0.619 e. The molecular weight excluding hydrogens is 120 g/mol. The third-order valence-electron chi connectivity index (χ3n) is 1.06. The van der Waals surface area contributed by atoms with Crippen LogP contribution in [0.3, 0.4) is 0 Å². The Morgan fingerprint density at radius 2 is 2.56 bits per heavy atom. The monoisotopic (exact) mass is 128 g/mol. The maximum absolute atomic E-state index is 10.4. The first kappa shape index (κ1) is 6.10. The van der Waals surface area contributed by atoms with Gasteiger partial charge in [-0.05, 0) is 0 Å². The molecular formula is C5H8N2O2. The average molecular weight is 128 g/mol. The molecule has 0 saturated heterocycles. The van der Waals surface area contributed by atoms with Gasteiger partial charge in [0.05, 0.1) is 13.3 Å². The van der Waals surface area contributed by atoms with Gasteiger partial charge in [-0.3, -0.25) is 4.84 Å². The summed E-state index contributed by atoms with van der Waals surface area (Å²) in [5.74, 6) is 0. The Hall–Kier alpha value is -1.03. The lowest BCUT2D eigenvalue weighted by Crippen LogP contribution is -2.24. The van der Waals surface area contributed by atoms with Gasteiger partial charge in [-0.2, -0.15) is 4.74 Å². The summed E-state index contributed by atoms with van der Waals surface area (Å²) < 4.78 is 0.746. The van der Waals surface area contributed by atoms with Gasteiger partial charge in [0.15, 0.2) is 12.4 Å². The van der Waals surface area contributed by atoms with Crippen LogP contribution in [0.1, 0.15) is 0 Å². The van der Waals surface area contributed by atoms with E-state index in [-0.39, 0.29) is 0 Å². The lowest BCUT2D eigenvalue weighted by molar-refractivity contribution is -0.382. The quantitative estimate of drug-likeness (QED) is 0.366. The van der Waals surface area contributed by atoms with Crippen molar-refractivity contribution in [3.05, 3.63) is 17.6 Å². The molecule has 4 nitrogen and oxygen atoms in total. The van der Waals surface area contributed by atoms with Crippen LogP contribution in [-0.2, 0) is 4.84 Å². The average Bonchev–Trinajstić information content (AvgIpc) is 1.90. The highest BCUT2D eigenvalue weighted by Crippen LogP contribution is 1.92. The molecule has 0 N–H and O–H groups in total. The summed E-state index contributed by atoms with van der Waals surface area (Å²) in [6, 6.07) is 0. The predicted molar refractivity (Wildman–Crippen MR) is 32.5 cm³/mol. The highest BCUT2D eigenvalue weighted by molar-refractivity contribution is 5.54. The number of nitrogens with zero attached hydrogens (tertiary/aromatic N) is 2. The van der Waals surface area contributed by atoms with Crippen LogP contribution in [-0.4, -0.2) is 29.7 Å². The topological polar surface area (TPSA) is 38.5 Å². The van der Waals surface area contributed by atoms with Gasteiger partial charge in [-0.25, -0.2) is 5.06 Å². The van der Waals surface area contributed by atoms with Crippen LogP contribution in [0.4, 0.5) is 0 Å². The summed E-state index contributed by atoms with van der Waals surface area (Å²) in [5, 5.41) is 12.0. The minimum absolute atomic E-state index is 0.510. The highest BCUT2D eigenvalue weighted by atomic mass is 16.7. The third-order valence-corrected chi connectivity index (χ3v) is 1.06. The zero-order valence-corrected chi connectivity index (χ0v) is 5.15. The Morgan fingerprint density at radius 3 is 3.00 bits per heavy atom. The zero-order chi connectivity index (χ0) is 6.69. The van der Waals surface area contributed by atoms with Gasteiger partial charge in [-0.15, -0.1) is 0 Å². The fourth-order valence-electron chi connectivity index (χ4n) is 0.558. The maximum Gasteiger partial charge on any atom is 0.198 e. The molecule has 1 aliphatic heterocycles. The van der Waals surface area contributed by atoms with Crippen molar-refractivity contribution in [3.63, 3.8) is 0 Å². The van der Waals surface area contributed by atoms with Gasteiger partial charge in [0.25, 0.3) is 0 Å². The van der Waals surface area contributed by atoms with Crippen LogP contribution >= 0.6 is 0 Å². The molecule has 0 fully saturated rings. The van der Waals surface area contributed by atoms with E-state index in [1.807, 2.05) is 0 Å². The van der Waals surface area contributed by atoms with Crippen molar-refractivity contribution >= 4 is 6.21 Å². The van der Waals surface area contributed by atoms with E-state index in [0.29, 0.717) is 6.54 Å². The summed E-state index contributed by atoms with van der Waals surface area (Å²) in [5.41, 5.74) is 0. The molecule has 4 heteroatoms. The Morgan fingerprint density at radius 1 is 1.78 bits per heavy atom. The van der Waals surface area contributed by atoms with Crippen LogP contribution < -0.4 is 0 Å². The summed E-state index contributed by atoms with van der Waals surface area (Å²) in [6.45, 7) is 0.510. The van der Waals surface area contributed by atoms with E-state index in [4.69, 9.17) is 4.84 Å². The molecule has 0 unspecified atom stereocenters. The van der Waals surface area contributed by atoms with Gasteiger partial charge in [0.1, 0.15) is 6.54 Å². The minimum Gasteiger partial charge on any atom is -0.619 e. The molecule has 50 valence electrons. The molecule has 0 bridgehead atoms. The molecule has 1 rings (SSSR count). The van der Waals surface area contributed by atoms with Crippen molar-refractivity contribution in [1.29, 1.82) is 0 Å². The number of hydrogen-bond donors (Lipinski definition) is 0. The molecule has 0 atom stereocenters. The van der Waals surface area contributed by atoms with Crippen molar-refractivity contribution < 1.29 is 9.58 Å². The van der Waals surface area contributed by atoms with E-state index in [9.17, 15) is 5.21 Å². The smallest absolute Gasteiger partial charge is 0.198 e. The second-order valence-corrected chi connectivity index (χ2v) is 1.62. The fraction of sp³-hybridized carbons (Fsp3) is 0.400. The van der Waals surface area contributed by atoms with Crippen molar-refractivity contribution in [3.8, 4) is 0 Å². The van der Waals surface area contributed by atoms with E-state index in [2.05, 4.69) is 0 Å². The zero-order valence-electron chi connectivity index (χ0n) is 5.15. The fourth-order valence-corrected chi connectivity index (χ4v) is 0.558. The van der Waals surface area contributed by atoms with E-state index < -0.39 is 0 Å². The van der Waals surface area contributed by atoms with Crippen molar-refractivity contribution in [2.45, 2.75) is 0 Å². The molecule has 0 aromatic rings. The van der Waals surface area contributed by atoms with Gasteiger partial charge >= 0.3 is 0 Å². The normalized spacial score (nSPS) is 17.9. The molecule has 1 heterocycles. The number of hydrogen-bond acceptors (Lipinski definition) is 3. The summed E-state index contributed by atoms with van der Waals surface area (Å²) in [4.78, 5) is 4.79. The molecule has 0 amide bonds. The van der Waals surface area contributed by atoms with E-state index in [1.165, 1.54) is 12.4 Å². The van der Waals surface area contributed by atoms with Crippen LogP contribution in [0.25, 0.3) is 0 Å². The molecule has 9 heavy (non-hydrogen) atoms. The molecule has 0 aromatic carbocycles. The van der Waals surface area contributed by atoms with E-state index in [1.54, 1.807) is 18.4 Å². The minimum atomic E-state index is 0.510. The van der Waals surface area contributed by atoms with E-state index >= 15 is 0 Å². The Balaban J connectivity index is 2.48. The maximum atomic E-state index is 10.4. The van der Waals surface area contributed by atoms with E-state index in [0.717, 1.165) is 4.74 Å². The Kier molecular flexibility index (Phi) is 1.69. The van der Waals surface area contributed by atoms with Crippen LogP contribution in [0.15, 0.2) is 12.4 Å². The first-order valence-corrected chi connectivity index (χ1v) is 2.61. The molecule has 1 aliphatic rings. The molecule has 0 saturated carbocycles. The van der Waals surface area contributed by atoms with Gasteiger partial charge in [-0.1, -0.05) is 0 Å². The lowest BCUT2D eigenvalue weighted by atomic mass is 10.6. The molecule has 0 spiro atoms. The highest BCUT2D eigenvalue weighted by Gasteiger charge is 2.02. The SMILES string of the molecule is CON1C=C[N+]([O-])=CC1. The van der Waals surface area contributed by atoms with Gasteiger partial charge in [0, 0.05) is 0 Å². The summed E-state index contributed by atoms with van der Waals surface area (Å²) >= 11 is 0. The first-order chi connectivity index (χ1) is 4.33. The molecule has 0 aliphatic carbocycles. The van der Waals surface area contributed by atoms with Crippen LogP contribution in [0.2, 0.25) is 0 Å². The summed E-state index contributed by atoms with van der Waals surface area (Å²) in [6.07, 6.45) is 4.43. The van der Waals surface area contributed by atoms with Gasteiger partial charge in [0.2, 0.25) is 0 Å². The van der Waals surface area contributed by atoms with Crippen molar-refractivity contribution in [2.75, 3.05) is 13.7 Å². The van der Waals surface area contributed by atoms with Crippen molar-refractivity contribution in [2.24, 2.45) is 0 Å². The number of hydroxylamine groups is 3. The first-order valence-electron chi connectivity index (χ1n) is 2.61. The lowest BCUT2D eigenvalue weighted by Gasteiger charge is -2.15. The third kappa shape index (κ3) is 1.43. The second-order valence-electron chi connectivity index (χ2n) is 1.62. The standard InChI is InChI=1S/C5H8N2O2/c1-9-7-4-2-6(8)3-5-7/h2-4H,5H2,1H3. The Bertz CT molecular complexity index is 153. The molecule has 0 radical (unpaired) electrons. The predicted octanol–water partition coefficient (Wildman–Crippen LogP) is -0.0843.